The third kappa shape index (κ3) is 1.94. The summed E-state index contributed by atoms with van der Waals surface area (Å²) in [5.74, 6) is 1.02. The Morgan fingerprint density at radius 2 is 2.46 bits per heavy atom. The molecule has 2 rings (SSSR count). The van der Waals surface area contributed by atoms with Crippen molar-refractivity contribution in [2.24, 2.45) is 5.92 Å². The lowest BCUT2D eigenvalue weighted by molar-refractivity contribution is 0.284. The lowest BCUT2D eigenvalue weighted by atomic mass is 10.3. The quantitative estimate of drug-likeness (QED) is 0.691. The summed E-state index contributed by atoms with van der Waals surface area (Å²) in [5.41, 5.74) is 0.454. The molecule has 4 nitrogen and oxygen atoms in total. The Morgan fingerprint density at radius 1 is 1.62 bits per heavy atom. The molecule has 0 aliphatic heterocycles. The predicted octanol–water partition coefficient (Wildman–Crippen LogP) is 1.14. The second kappa shape index (κ2) is 3.40. The van der Waals surface area contributed by atoms with E-state index in [1.165, 1.54) is 19.0 Å². The molecule has 0 saturated heterocycles. The van der Waals surface area contributed by atoms with Gasteiger partial charge in [0.15, 0.2) is 0 Å². The molecular formula is C9H9N3O. The van der Waals surface area contributed by atoms with Gasteiger partial charge in [-0.1, -0.05) is 0 Å². The van der Waals surface area contributed by atoms with E-state index in [0.29, 0.717) is 24.0 Å². The van der Waals surface area contributed by atoms with Crippen LogP contribution in [0.5, 0.6) is 5.88 Å². The van der Waals surface area contributed by atoms with Crippen LogP contribution >= 0.6 is 0 Å². The van der Waals surface area contributed by atoms with Crippen LogP contribution < -0.4 is 4.74 Å². The topological polar surface area (TPSA) is 58.8 Å². The number of rotatable bonds is 3. The number of nitriles is 1. The Bertz CT molecular complexity index is 341. The number of ether oxygens (including phenoxy) is 1. The van der Waals surface area contributed by atoms with Gasteiger partial charge in [0.25, 0.3) is 5.88 Å². The highest BCUT2D eigenvalue weighted by atomic mass is 16.5. The Hall–Kier alpha value is -1.63. The molecule has 13 heavy (non-hydrogen) atoms. The fraction of sp³-hybridized carbons (Fsp3) is 0.444. The number of nitrogens with zero attached hydrogens (tertiary/aromatic N) is 3. The summed E-state index contributed by atoms with van der Waals surface area (Å²) in [7, 11) is 0. The highest BCUT2D eigenvalue weighted by molar-refractivity contribution is 5.35. The third-order valence-electron chi connectivity index (χ3n) is 1.96. The van der Waals surface area contributed by atoms with E-state index in [9.17, 15) is 0 Å². The van der Waals surface area contributed by atoms with Crippen LogP contribution in [0.2, 0.25) is 0 Å². The molecule has 1 heterocycles. The van der Waals surface area contributed by atoms with Crippen LogP contribution in [-0.4, -0.2) is 16.8 Å². The molecule has 0 bridgehead atoms. The fourth-order valence-electron chi connectivity index (χ4n) is 0.992. The largest absolute Gasteiger partial charge is 0.475 e. The van der Waals surface area contributed by atoms with E-state index in [1.54, 1.807) is 6.07 Å². The standard InChI is InChI=1S/C9H9N3O/c10-5-8-3-4-11-12-9(8)13-6-7-1-2-7/h3-4,7H,1-2,6H2. The second-order valence-electron chi connectivity index (χ2n) is 3.12. The third-order valence-corrected chi connectivity index (χ3v) is 1.96. The van der Waals surface area contributed by atoms with Gasteiger partial charge in [0.2, 0.25) is 0 Å². The van der Waals surface area contributed by atoms with Crippen LogP contribution in [-0.2, 0) is 0 Å². The van der Waals surface area contributed by atoms with Gasteiger partial charge in [0.05, 0.1) is 12.8 Å². The molecule has 0 unspecified atom stereocenters. The van der Waals surface area contributed by atoms with Crippen LogP contribution in [0.4, 0.5) is 0 Å². The van der Waals surface area contributed by atoms with Crippen molar-refractivity contribution in [3.05, 3.63) is 17.8 Å². The monoisotopic (exact) mass is 175 g/mol. The number of hydrogen-bond donors (Lipinski definition) is 0. The zero-order chi connectivity index (χ0) is 9.10. The summed E-state index contributed by atoms with van der Waals surface area (Å²) < 4.78 is 5.36. The maximum atomic E-state index is 8.70. The first-order chi connectivity index (χ1) is 6.40. The molecule has 0 aromatic carbocycles. The highest BCUT2D eigenvalue weighted by Gasteiger charge is 2.22. The molecule has 1 fully saturated rings. The highest BCUT2D eigenvalue weighted by Crippen LogP contribution is 2.29. The van der Waals surface area contributed by atoms with Gasteiger partial charge in [-0.3, -0.25) is 0 Å². The molecule has 4 heteroatoms. The molecule has 1 aliphatic rings. The Morgan fingerprint density at radius 3 is 3.15 bits per heavy atom. The van der Waals surface area contributed by atoms with Crippen molar-refractivity contribution in [2.45, 2.75) is 12.8 Å². The van der Waals surface area contributed by atoms with E-state index in [1.807, 2.05) is 6.07 Å². The molecule has 1 saturated carbocycles. The average molecular weight is 175 g/mol. The first-order valence-electron chi connectivity index (χ1n) is 4.24. The smallest absolute Gasteiger partial charge is 0.251 e. The molecule has 0 radical (unpaired) electrons. The first-order valence-corrected chi connectivity index (χ1v) is 4.24. The summed E-state index contributed by atoms with van der Waals surface area (Å²) in [6.45, 7) is 0.660. The van der Waals surface area contributed by atoms with Crippen molar-refractivity contribution in [1.82, 2.24) is 10.2 Å². The van der Waals surface area contributed by atoms with Gasteiger partial charge < -0.3 is 4.74 Å². The second-order valence-corrected chi connectivity index (χ2v) is 3.12. The van der Waals surface area contributed by atoms with Gasteiger partial charge in [0.1, 0.15) is 11.6 Å². The lowest BCUT2D eigenvalue weighted by Crippen LogP contribution is -2.03. The zero-order valence-corrected chi connectivity index (χ0v) is 7.10. The lowest BCUT2D eigenvalue weighted by Gasteiger charge is -2.03. The average Bonchev–Trinajstić information content (AvgIpc) is 2.99. The minimum atomic E-state index is 0.358. The molecule has 1 aliphatic carbocycles. The summed E-state index contributed by atoms with van der Waals surface area (Å²) in [4.78, 5) is 0. The van der Waals surface area contributed by atoms with E-state index in [2.05, 4.69) is 10.2 Å². The minimum Gasteiger partial charge on any atom is -0.475 e. The SMILES string of the molecule is N#Cc1ccnnc1OCC1CC1. The van der Waals surface area contributed by atoms with Crippen LogP contribution in [0.25, 0.3) is 0 Å². The van der Waals surface area contributed by atoms with Crippen molar-refractivity contribution in [2.75, 3.05) is 6.61 Å². The van der Waals surface area contributed by atoms with E-state index >= 15 is 0 Å². The zero-order valence-electron chi connectivity index (χ0n) is 7.10. The van der Waals surface area contributed by atoms with Gasteiger partial charge in [-0.25, -0.2) is 0 Å². The van der Waals surface area contributed by atoms with Crippen molar-refractivity contribution >= 4 is 0 Å². The van der Waals surface area contributed by atoms with Crippen LogP contribution in [0.1, 0.15) is 18.4 Å². The van der Waals surface area contributed by atoms with Gasteiger partial charge in [0, 0.05) is 0 Å². The van der Waals surface area contributed by atoms with Crippen LogP contribution in [0.3, 0.4) is 0 Å². The van der Waals surface area contributed by atoms with Crippen LogP contribution in [0.15, 0.2) is 12.3 Å². The summed E-state index contributed by atoms with van der Waals surface area (Å²) in [5, 5.41) is 16.1. The summed E-state index contributed by atoms with van der Waals surface area (Å²) in [6.07, 6.45) is 3.94. The van der Waals surface area contributed by atoms with Gasteiger partial charge in [-0.15, -0.1) is 5.10 Å². The van der Waals surface area contributed by atoms with Gasteiger partial charge in [-0.05, 0) is 24.8 Å². The van der Waals surface area contributed by atoms with Crippen molar-refractivity contribution in [3.8, 4) is 11.9 Å². The first kappa shape index (κ1) is 7.99. The van der Waals surface area contributed by atoms with Crippen molar-refractivity contribution in [1.29, 1.82) is 5.26 Å². The Labute approximate surface area is 76.2 Å². The normalized spacial score (nSPS) is 15.0. The minimum absolute atomic E-state index is 0.358. The molecule has 0 spiro atoms. The molecule has 0 amide bonds. The predicted molar refractivity (Wildman–Crippen MR) is 45.0 cm³/mol. The van der Waals surface area contributed by atoms with Gasteiger partial charge in [-0.2, -0.15) is 10.4 Å². The molecule has 0 N–H and O–H groups in total. The van der Waals surface area contributed by atoms with Crippen LogP contribution in [0, 0.1) is 17.2 Å². The van der Waals surface area contributed by atoms with Crippen molar-refractivity contribution in [3.63, 3.8) is 0 Å². The van der Waals surface area contributed by atoms with Crippen molar-refractivity contribution < 1.29 is 4.74 Å². The van der Waals surface area contributed by atoms with Gasteiger partial charge >= 0.3 is 0 Å². The molecular weight excluding hydrogens is 166 g/mol. The van der Waals surface area contributed by atoms with E-state index in [-0.39, 0.29) is 0 Å². The van der Waals surface area contributed by atoms with E-state index < -0.39 is 0 Å². The number of aromatic nitrogens is 2. The summed E-state index contributed by atoms with van der Waals surface area (Å²) in [6, 6.07) is 3.62. The van der Waals surface area contributed by atoms with E-state index in [4.69, 9.17) is 10.00 Å². The Kier molecular flexibility index (Phi) is 2.09. The Balaban J connectivity index is 2.05. The molecule has 66 valence electrons. The maximum Gasteiger partial charge on any atom is 0.251 e. The summed E-state index contributed by atoms with van der Waals surface area (Å²) >= 11 is 0. The van der Waals surface area contributed by atoms with E-state index in [0.717, 1.165) is 0 Å². The molecule has 1 aromatic heterocycles. The maximum absolute atomic E-state index is 8.70. The number of hydrogen-bond acceptors (Lipinski definition) is 4. The molecule has 1 aromatic rings. The fourth-order valence-corrected chi connectivity index (χ4v) is 0.992. The molecule has 0 atom stereocenters.